The van der Waals surface area contributed by atoms with Gasteiger partial charge in [0.05, 0.1) is 13.2 Å². The van der Waals surface area contributed by atoms with Crippen LogP contribution in [-0.2, 0) is 32.7 Å². The molecule has 0 fully saturated rings. The van der Waals surface area contributed by atoms with Crippen molar-refractivity contribution in [1.29, 1.82) is 0 Å². The summed E-state index contributed by atoms with van der Waals surface area (Å²) >= 11 is 0. The van der Waals surface area contributed by atoms with Crippen LogP contribution in [0, 0.1) is 0 Å². The third-order valence-electron chi connectivity index (χ3n) is 8.92. The standard InChI is InChI=1S/C44H80NO8P/c1-4-6-8-10-12-14-16-18-20-21-23-25-27-29-31-33-35-37-44(47)53-42(41-52-54(48,49)51-39-38-45-3)40-50-43(46)36-34-32-30-28-26-24-22-19-17-15-13-11-9-7-5-2/h12,14,18-20,22-23,25,42,45H,4-11,13,15-17,21,24,26-41H2,1-3H3,(H,48,49)/b14-12-,20-18-,22-19-,25-23-. The Hall–Kier alpha value is -2.03. The van der Waals surface area contributed by atoms with Gasteiger partial charge in [-0.25, -0.2) is 4.57 Å². The van der Waals surface area contributed by atoms with Gasteiger partial charge in [0.15, 0.2) is 6.10 Å². The first-order valence-electron chi connectivity index (χ1n) is 21.6. The number of esters is 2. The van der Waals surface area contributed by atoms with Gasteiger partial charge in [0.25, 0.3) is 0 Å². The lowest BCUT2D eigenvalue weighted by atomic mass is 10.1. The van der Waals surface area contributed by atoms with Crippen molar-refractivity contribution in [1.82, 2.24) is 5.32 Å². The SMILES string of the molecule is CCCCC/C=C\C/C=C\C/C=C\CCCCCCC(=O)OC(COC(=O)CCCCCCC/C=C\CCCCCCCC)COP(=O)(O)OCCNC. The third kappa shape index (κ3) is 39.7. The Bertz CT molecular complexity index is 1030. The molecule has 0 aliphatic rings. The van der Waals surface area contributed by atoms with Gasteiger partial charge in [-0.3, -0.25) is 18.6 Å². The van der Waals surface area contributed by atoms with Crippen molar-refractivity contribution in [2.75, 3.05) is 33.4 Å². The minimum absolute atomic E-state index is 0.0242. The molecule has 2 N–H and O–H groups in total. The number of likely N-dealkylation sites (N-methyl/N-ethyl adjacent to an activating group) is 1. The fourth-order valence-corrected chi connectivity index (χ4v) is 6.36. The topological polar surface area (TPSA) is 120 Å². The summed E-state index contributed by atoms with van der Waals surface area (Å²) in [6.07, 6.45) is 44.3. The molecule has 0 aromatic rings. The van der Waals surface area contributed by atoms with E-state index < -0.39 is 26.5 Å². The number of allylic oxidation sites excluding steroid dienone is 8. The maximum atomic E-state index is 12.6. The number of phosphoric ester groups is 1. The number of phosphoric acid groups is 1. The van der Waals surface area contributed by atoms with Gasteiger partial charge in [-0.2, -0.15) is 0 Å². The predicted molar refractivity (Wildman–Crippen MR) is 224 cm³/mol. The fraction of sp³-hybridized carbons (Fsp3) is 0.773. The second kappa shape index (κ2) is 40.6. The molecule has 0 saturated heterocycles. The van der Waals surface area contributed by atoms with E-state index in [0.29, 0.717) is 13.0 Å². The lowest BCUT2D eigenvalue weighted by Crippen LogP contribution is -2.29. The minimum Gasteiger partial charge on any atom is -0.462 e. The highest BCUT2D eigenvalue weighted by Crippen LogP contribution is 2.43. The van der Waals surface area contributed by atoms with Crippen molar-refractivity contribution in [3.8, 4) is 0 Å². The zero-order chi connectivity index (χ0) is 39.6. The lowest BCUT2D eigenvalue weighted by Gasteiger charge is -2.20. The molecule has 10 heteroatoms. The van der Waals surface area contributed by atoms with Crippen LogP contribution in [0.4, 0.5) is 0 Å². The Morgan fingerprint density at radius 1 is 0.574 bits per heavy atom. The summed E-state index contributed by atoms with van der Waals surface area (Å²) in [4.78, 5) is 35.0. The maximum absolute atomic E-state index is 12.6. The molecule has 0 heterocycles. The van der Waals surface area contributed by atoms with E-state index in [1.54, 1.807) is 7.05 Å². The number of carbonyl (C=O) groups is 2. The first-order chi connectivity index (χ1) is 26.3. The summed E-state index contributed by atoms with van der Waals surface area (Å²) in [5.74, 6) is -0.843. The molecule has 0 aromatic carbocycles. The Kier molecular flexibility index (Phi) is 39.1. The summed E-state index contributed by atoms with van der Waals surface area (Å²) in [6, 6.07) is 0. The first-order valence-corrected chi connectivity index (χ1v) is 23.1. The van der Waals surface area contributed by atoms with Crippen LogP contribution in [0.1, 0.15) is 181 Å². The molecule has 2 unspecified atom stereocenters. The molecule has 0 saturated carbocycles. The monoisotopic (exact) mass is 782 g/mol. The second-order valence-electron chi connectivity index (χ2n) is 14.2. The first kappa shape index (κ1) is 52.0. The largest absolute Gasteiger partial charge is 0.472 e. The maximum Gasteiger partial charge on any atom is 0.472 e. The third-order valence-corrected chi connectivity index (χ3v) is 9.91. The molecule has 0 radical (unpaired) electrons. The normalized spacial score (nSPS) is 13.8. The highest BCUT2D eigenvalue weighted by Gasteiger charge is 2.26. The smallest absolute Gasteiger partial charge is 0.462 e. The van der Waals surface area contributed by atoms with E-state index in [0.717, 1.165) is 77.0 Å². The van der Waals surface area contributed by atoms with Crippen molar-refractivity contribution >= 4 is 19.8 Å². The summed E-state index contributed by atoms with van der Waals surface area (Å²) in [5, 5.41) is 2.82. The highest BCUT2D eigenvalue weighted by molar-refractivity contribution is 7.47. The number of carbonyl (C=O) groups excluding carboxylic acids is 2. The minimum atomic E-state index is -4.36. The van der Waals surface area contributed by atoms with Gasteiger partial charge >= 0.3 is 19.8 Å². The van der Waals surface area contributed by atoms with Crippen LogP contribution in [0.2, 0.25) is 0 Å². The van der Waals surface area contributed by atoms with Crippen LogP contribution in [0.5, 0.6) is 0 Å². The zero-order valence-electron chi connectivity index (χ0n) is 34.7. The molecular formula is C44H80NO8P. The average Bonchev–Trinajstić information content (AvgIpc) is 3.15. The molecule has 0 spiro atoms. The van der Waals surface area contributed by atoms with E-state index in [9.17, 15) is 19.0 Å². The van der Waals surface area contributed by atoms with Crippen molar-refractivity contribution in [3.05, 3.63) is 48.6 Å². The van der Waals surface area contributed by atoms with Gasteiger partial charge in [0.2, 0.25) is 0 Å². The van der Waals surface area contributed by atoms with Gasteiger partial charge in [-0.1, -0.05) is 140 Å². The fourth-order valence-electron chi connectivity index (χ4n) is 5.61. The van der Waals surface area contributed by atoms with E-state index in [-0.39, 0.29) is 32.0 Å². The van der Waals surface area contributed by atoms with E-state index in [4.69, 9.17) is 18.5 Å². The van der Waals surface area contributed by atoms with E-state index >= 15 is 0 Å². The van der Waals surface area contributed by atoms with Gasteiger partial charge in [0.1, 0.15) is 6.61 Å². The number of nitrogens with one attached hydrogen (secondary N) is 1. The zero-order valence-corrected chi connectivity index (χ0v) is 35.6. The molecule has 9 nitrogen and oxygen atoms in total. The number of hydrogen-bond acceptors (Lipinski definition) is 8. The summed E-state index contributed by atoms with van der Waals surface area (Å²) in [5.41, 5.74) is 0. The van der Waals surface area contributed by atoms with E-state index in [1.807, 2.05) is 0 Å². The number of rotatable bonds is 40. The van der Waals surface area contributed by atoms with Crippen LogP contribution in [0.25, 0.3) is 0 Å². The van der Waals surface area contributed by atoms with Crippen molar-refractivity contribution in [2.24, 2.45) is 0 Å². The van der Waals surface area contributed by atoms with E-state index in [1.165, 1.54) is 70.6 Å². The molecule has 2 atom stereocenters. The molecule has 0 rings (SSSR count). The lowest BCUT2D eigenvalue weighted by molar-refractivity contribution is -0.161. The van der Waals surface area contributed by atoms with E-state index in [2.05, 4.69) is 67.8 Å². The Balaban J connectivity index is 4.30. The Labute approximate surface area is 330 Å². The molecule has 0 amide bonds. The molecule has 54 heavy (non-hydrogen) atoms. The van der Waals surface area contributed by atoms with Crippen LogP contribution >= 0.6 is 7.82 Å². The average molecular weight is 782 g/mol. The van der Waals surface area contributed by atoms with Crippen molar-refractivity contribution in [2.45, 2.75) is 187 Å². The number of ether oxygens (including phenoxy) is 2. The quantitative estimate of drug-likeness (QED) is 0.0271. The molecule has 0 bridgehead atoms. The van der Waals surface area contributed by atoms with Crippen LogP contribution in [0.15, 0.2) is 48.6 Å². The van der Waals surface area contributed by atoms with Crippen LogP contribution in [-0.4, -0.2) is 56.3 Å². The van der Waals surface area contributed by atoms with Crippen LogP contribution in [0.3, 0.4) is 0 Å². The predicted octanol–water partition coefficient (Wildman–Crippen LogP) is 12.2. The molecule has 0 aliphatic heterocycles. The number of unbranched alkanes of at least 4 members (excludes halogenated alkanes) is 18. The van der Waals surface area contributed by atoms with Crippen LogP contribution < -0.4 is 5.32 Å². The van der Waals surface area contributed by atoms with Gasteiger partial charge in [-0.05, 0) is 84.1 Å². The Morgan fingerprint density at radius 3 is 1.54 bits per heavy atom. The van der Waals surface area contributed by atoms with Gasteiger partial charge < -0.3 is 19.7 Å². The van der Waals surface area contributed by atoms with Crippen molar-refractivity contribution < 1.29 is 37.6 Å². The summed E-state index contributed by atoms with van der Waals surface area (Å²) in [6.45, 7) is 4.15. The Morgan fingerprint density at radius 2 is 1.00 bits per heavy atom. The molecule has 0 aromatic heterocycles. The molecule has 314 valence electrons. The summed E-state index contributed by atoms with van der Waals surface area (Å²) < 4.78 is 33.1. The molecular weight excluding hydrogens is 701 g/mol. The number of hydrogen-bond donors (Lipinski definition) is 2. The highest BCUT2D eigenvalue weighted by atomic mass is 31.2. The van der Waals surface area contributed by atoms with Gasteiger partial charge in [-0.15, -0.1) is 0 Å². The summed E-state index contributed by atoms with van der Waals surface area (Å²) in [7, 11) is -2.66. The molecule has 0 aliphatic carbocycles. The second-order valence-corrected chi connectivity index (χ2v) is 15.6. The van der Waals surface area contributed by atoms with Gasteiger partial charge in [0, 0.05) is 19.4 Å². The van der Waals surface area contributed by atoms with Crippen molar-refractivity contribution in [3.63, 3.8) is 0 Å².